The van der Waals surface area contributed by atoms with Crippen LogP contribution >= 0.6 is 0 Å². The molecule has 0 N–H and O–H groups in total. The molecule has 1 aromatic heterocycles. The molecule has 1 aromatic carbocycles. The Balaban J connectivity index is 1.57. The molecule has 134 valence electrons. The van der Waals surface area contributed by atoms with E-state index in [1.54, 1.807) is 0 Å². The molecule has 0 saturated carbocycles. The van der Waals surface area contributed by atoms with Crippen LogP contribution in [0.1, 0.15) is 28.9 Å². The van der Waals surface area contributed by atoms with E-state index in [4.69, 9.17) is 0 Å². The average molecular weight is 340 g/mol. The van der Waals surface area contributed by atoms with Gasteiger partial charge >= 0.3 is 0 Å². The molecule has 2 heterocycles. The Kier molecular flexibility index (Phi) is 5.53. The number of amides is 1. The van der Waals surface area contributed by atoms with Crippen molar-refractivity contribution >= 4 is 5.91 Å². The minimum Gasteiger partial charge on any atom is -0.340 e. The maximum atomic E-state index is 12.6. The topological polar surface area (TPSA) is 41.4 Å². The summed E-state index contributed by atoms with van der Waals surface area (Å²) < 4.78 is 1.81. The van der Waals surface area contributed by atoms with Crippen molar-refractivity contribution in [3.63, 3.8) is 0 Å². The second-order valence-corrected chi connectivity index (χ2v) is 7.02. The molecule has 0 radical (unpaired) electrons. The van der Waals surface area contributed by atoms with Crippen LogP contribution in [-0.4, -0.2) is 51.7 Å². The van der Waals surface area contributed by atoms with E-state index in [1.807, 2.05) is 29.5 Å². The molecule has 0 unspecified atom stereocenters. The van der Waals surface area contributed by atoms with Crippen LogP contribution in [0.15, 0.2) is 30.3 Å². The van der Waals surface area contributed by atoms with Gasteiger partial charge in [-0.05, 0) is 44.4 Å². The highest BCUT2D eigenvalue weighted by molar-refractivity contribution is 5.76. The molecule has 3 rings (SSSR count). The quantitative estimate of drug-likeness (QED) is 0.859. The lowest BCUT2D eigenvalue weighted by Crippen LogP contribution is -2.37. The van der Waals surface area contributed by atoms with E-state index < -0.39 is 0 Å². The van der Waals surface area contributed by atoms with E-state index in [9.17, 15) is 4.79 Å². The Morgan fingerprint density at radius 2 is 1.88 bits per heavy atom. The molecule has 0 spiro atoms. The predicted molar refractivity (Wildman–Crippen MR) is 99.4 cm³/mol. The molecule has 0 atom stereocenters. The van der Waals surface area contributed by atoms with Crippen molar-refractivity contribution in [1.82, 2.24) is 19.6 Å². The van der Waals surface area contributed by atoms with Crippen LogP contribution in [0, 0.1) is 20.8 Å². The van der Waals surface area contributed by atoms with E-state index in [0.29, 0.717) is 6.54 Å². The van der Waals surface area contributed by atoms with Crippen molar-refractivity contribution in [2.45, 2.75) is 40.3 Å². The summed E-state index contributed by atoms with van der Waals surface area (Å²) in [6.07, 6.45) is 1.02. The molecule has 1 fully saturated rings. The zero-order valence-electron chi connectivity index (χ0n) is 15.5. The first-order chi connectivity index (χ1) is 12.0. The van der Waals surface area contributed by atoms with Gasteiger partial charge < -0.3 is 4.90 Å². The highest BCUT2D eigenvalue weighted by atomic mass is 16.2. The van der Waals surface area contributed by atoms with Gasteiger partial charge in [-0.1, -0.05) is 24.3 Å². The number of aryl methyl sites for hydroxylation is 3. The standard InChI is InChI=1S/C20H28N4O/c1-16-7-4-5-8-19(16)14-22-9-6-10-23(12-11-22)20(25)15-24-18(3)13-17(2)21-24/h4-5,7-8,13H,6,9-12,14-15H2,1-3H3. The summed E-state index contributed by atoms with van der Waals surface area (Å²) >= 11 is 0. The van der Waals surface area contributed by atoms with Gasteiger partial charge in [0, 0.05) is 38.4 Å². The Bertz CT molecular complexity index is 737. The Labute approximate surface area is 150 Å². The maximum absolute atomic E-state index is 12.6. The SMILES string of the molecule is Cc1cc(C)n(CC(=O)N2CCCN(Cc3ccccc3C)CC2)n1. The number of aromatic nitrogens is 2. The zero-order chi connectivity index (χ0) is 17.8. The van der Waals surface area contributed by atoms with Crippen LogP contribution in [0.3, 0.4) is 0 Å². The Morgan fingerprint density at radius 1 is 1.08 bits per heavy atom. The summed E-state index contributed by atoms with van der Waals surface area (Å²) in [7, 11) is 0. The summed E-state index contributed by atoms with van der Waals surface area (Å²) in [4.78, 5) is 17.1. The van der Waals surface area contributed by atoms with Crippen LogP contribution in [0.5, 0.6) is 0 Å². The summed E-state index contributed by atoms with van der Waals surface area (Å²) in [5.74, 6) is 0.170. The van der Waals surface area contributed by atoms with Gasteiger partial charge in [0.1, 0.15) is 6.54 Å². The van der Waals surface area contributed by atoms with Crippen molar-refractivity contribution in [2.24, 2.45) is 0 Å². The molecule has 1 saturated heterocycles. The third-order valence-corrected chi connectivity index (χ3v) is 4.98. The van der Waals surface area contributed by atoms with Crippen LogP contribution in [-0.2, 0) is 17.9 Å². The third kappa shape index (κ3) is 4.48. The normalized spacial score (nSPS) is 16.0. The van der Waals surface area contributed by atoms with Gasteiger partial charge in [0.25, 0.3) is 0 Å². The first-order valence-corrected chi connectivity index (χ1v) is 9.08. The number of benzene rings is 1. The molecule has 0 aliphatic carbocycles. The van der Waals surface area contributed by atoms with Crippen molar-refractivity contribution in [3.05, 3.63) is 52.8 Å². The molecule has 2 aromatic rings. The second-order valence-electron chi connectivity index (χ2n) is 7.02. The number of rotatable bonds is 4. The molecular weight excluding hydrogens is 312 g/mol. The smallest absolute Gasteiger partial charge is 0.244 e. The maximum Gasteiger partial charge on any atom is 0.244 e. The van der Waals surface area contributed by atoms with Gasteiger partial charge in [0.2, 0.25) is 5.91 Å². The first-order valence-electron chi connectivity index (χ1n) is 9.08. The summed E-state index contributed by atoms with van der Waals surface area (Å²) in [6, 6.07) is 10.6. The largest absolute Gasteiger partial charge is 0.340 e. The lowest BCUT2D eigenvalue weighted by molar-refractivity contribution is -0.131. The summed E-state index contributed by atoms with van der Waals surface area (Å²) in [6.45, 7) is 11.0. The van der Waals surface area contributed by atoms with Crippen LogP contribution in [0.25, 0.3) is 0 Å². The fraction of sp³-hybridized carbons (Fsp3) is 0.500. The van der Waals surface area contributed by atoms with Gasteiger partial charge in [-0.3, -0.25) is 14.4 Å². The predicted octanol–water partition coefficient (Wildman–Crippen LogP) is 2.54. The van der Waals surface area contributed by atoms with E-state index in [1.165, 1.54) is 11.1 Å². The van der Waals surface area contributed by atoms with E-state index in [2.05, 4.69) is 41.2 Å². The van der Waals surface area contributed by atoms with Crippen molar-refractivity contribution < 1.29 is 4.79 Å². The van der Waals surface area contributed by atoms with Gasteiger partial charge in [0.15, 0.2) is 0 Å². The van der Waals surface area contributed by atoms with Crippen LogP contribution in [0.2, 0.25) is 0 Å². The average Bonchev–Trinajstić information content (AvgIpc) is 2.76. The monoisotopic (exact) mass is 340 g/mol. The van der Waals surface area contributed by atoms with E-state index >= 15 is 0 Å². The van der Waals surface area contributed by atoms with Crippen LogP contribution in [0.4, 0.5) is 0 Å². The third-order valence-electron chi connectivity index (χ3n) is 4.98. The molecular formula is C20H28N4O. The zero-order valence-corrected chi connectivity index (χ0v) is 15.5. The number of nitrogens with zero attached hydrogens (tertiary/aromatic N) is 4. The number of carbonyl (C=O) groups is 1. The lowest BCUT2D eigenvalue weighted by Gasteiger charge is -2.23. The van der Waals surface area contributed by atoms with Crippen molar-refractivity contribution in [1.29, 1.82) is 0 Å². The molecule has 1 amide bonds. The minimum atomic E-state index is 0.170. The molecule has 1 aliphatic rings. The number of hydrogen-bond donors (Lipinski definition) is 0. The molecule has 1 aliphatic heterocycles. The van der Waals surface area contributed by atoms with Gasteiger partial charge in [-0.2, -0.15) is 5.10 Å². The minimum absolute atomic E-state index is 0.170. The fourth-order valence-electron chi connectivity index (χ4n) is 3.47. The Morgan fingerprint density at radius 3 is 2.60 bits per heavy atom. The van der Waals surface area contributed by atoms with Gasteiger partial charge in [-0.25, -0.2) is 0 Å². The summed E-state index contributed by atoms with van der Waals surface area (Å²) in [5, 5.41) is 4.41. The fourth-order valence-corrected chi connectivity index (χ4v) is 3.47. The molecule has 25 heavy (non-hydrogen) atoms. The highest BCUT2D eigenvalue weighted by Crippen LogP contribution is 2.13. The molecule has 5 nitrogen and oxygen atoms in total. The number of hydrogen-bond acceptors (Lipinski definition) is 3. The first kappa shape index (κ1) is 17.7. The molecule has 5 heteroatoms. The highest BCUT2D eigenvalue weighted by Gasteiger charge is 2.20. The van der Waals surface area contributed by atoms with Crippen molar-refractivity contribution in [2.75, 3.05) is 26.2 Å². The summed E-state index contributed by atoms with van der Waals surface area (Å²) in [5.41, 5.74) is 4.72. The van der Waals surface area contributed by atoms with Gasteiger partial charge in [-0.15, -0.1) is 0 Å². The van der Waals surface area contributed by atoms with Crippen molar-refractivity contribution in [3.8, 4) is 0 Å². The van der Waals surface area contributed by atoms with Crippen LogP contribution < -0.4 is 0 Å². The van der Waals surface area contributed by atoms with E-state index in [-0.39, 0.29) is 5.91 Å². The second kappa shape index (κ2) is 7.83. The lowest BCUT2D eigenvalue weighted by atomic mass is 10.1. The van der Waals surface area contributed by atoms with E-state index in [0.717, 1.165) is 50.5 Å². The Hall–Kier alpha value is -2.14. The number of carbonyl (C=O) groups excluding carboxylic acids is 1. The molecule has 0 bridgehead atoms. The van der Waals surface area contributed by atoms with Gasteiger partial charge in [0.05, 0.1) is 5.69 Å².